The molecule has 1 fully saturated rings. The van der Waals surface area contributed by atoms with Crippen molar-refractivity contribution < 1.29 is 9.21 Å². The average Bonchev–Trinajstić information content (AvgIpc) is 2.87. The normalized spacial score (nSPS) is 24.9. The lowest BCUT2D eigenvalue weighted by Gasteiger charge is -2.19. The molecule has 0 aliphatic heterocycles. The highest BCUT2D eigenvalue weighted by molar-refractivity contribution is 5.91. The molecular formula is C12H18N2O2. The average molecular weight is 222 g/mol. The molecule has 1 heterocycles. The third-order valence-electron chi connectivity index (χ3n) is 3.22. The SMILES string of the molecule is CN(C)C1CCC(NC(=O)c2ccco2)C1. The molecule has 2 unspecified atom stereocenters. The number of rotatable bonds is 3. The van der Waals surface area contributed by atoms with Crippen LogP contribution in [0.4, 0.5) is 0 Å². The highest BCUT2D eigenvalue weighted by Gasteiger charge is 2.27. The van der Waals surface area contributed by atoms with Crippen molar-refractivity contribution in [3.05, 3.63) is 24.2 Å². The van der Waals surface area contributed by atoms with Crippen LogP contribution >= 0.6 is 0 Å². The molecule has 1 aliphatic carbocycles. The van der Waals surface area contributed by atoms with Crippen LogP contribution < -0.4 is 5.32 Å². The van der Waals surface area contributed by atoms with E-state index in [1.165, 1.54) is 6.26 Å². The van der Waals surface area contributed by atoms with Gasteiger partial charge >= 0.3 is 0 Å². The third-order valence-corrected chi connectivity index (χ3v) is 3.22. The number of nitrogens with zero attached hydrogens (tertiary/aromatic N) is 1. The zero-order chi connectivity index (χ0) is 11.5. The topological polar surface area (TPSA) is 45.5 Å². The van der Waals surface area contributed by atoms with Crippen LogP contribution in [0.3, 0.4) is 0 Å². The van der Waals surface area contributed by atoms with E-state index in [1.807, 2.05) is 0 Å². The van der Waals surface area contributed by atoms with Gasteiger partial charge in [-0.05, 0) is 45.5 Å². The van der Waals surface area contributed by atoms with Gasteiger partial charge in [-0.2, -0.15) is 0 Å². The molecule has 4 heteroatoms. The molecule has 0 bridgehead atoms. The van der Waals surface area contributed by atoms with Gasteiger partial charge in [-0.3, -0.25) is 4.79 Å². The Morgan fingerprint density at radius 1 is 1.50 bits per heavy atom. The summed E-state index contributed by atoms with van der Waals surface area (Å²) >= 11 is 0. The number of amides is 1. The first kappa shape index (κ1) is 11.2. The van der Waals surface area contributed by atoms with Gasteiger partial charge in [0.2, 0.25) is 0 Å². The van der Waals surface area contributed by atoms with Crippen molar-refractivity contribution in [1.82, 2.24) is 10.2 Å². The number of hydrogen-bond donors (Lipinski definition) is 1. The molecule has 88 valence electrons. The van der Waals surface area contributed by atoms with E-state index >= 15 is 0 Å². The van der Waals surface area contributed by atoms with Crippen molar-refractivity contribution in [1.29, 1.82) is 0 Å². The van der Waals surface area contributed by atoms with Crippen LogP contribution in [-0.4, -0.2) is 37.0 Å². The van der Waals surface area contributed by atoms with Crippen LogP contribution in [0.2, 0.25) is 0 Å². The van der Waals surface area contributed by atoms with Gasteiger partial charge in [-0.15, -0.1) is 0 Å². The molecule has 0 aromatic carbocycles. The van der Waals surface area contributed by atoms with E-state index in [-0.39, 0.29) is 11.9 Å². The molecule has 2 rings (SSSR count). The molecule has 0 spiro atoms. The van der Waals surface area contributed by atoms with Crippen LogP contribution in [-0.2, 0) is 0 Å². The minimum absolute atomic E-state index is 0.102. The van der Waals surface area contributed by atoms with Gasteiger partial charge in [0.25, 0.3) is 5.91 Å². The van der Waals surface area contributed by atoms with Crippen molar-refractivity contribution in [2.24, 2.45) is 0 Å². The van der Waals surface area contributed by atoms with Gasteiger partial charge in [0.05, 0.1) is 6.26 Å². The highest BCUT2D eigenvalue weighted by Crippen LogP contribution is 2.22. The number of carbonyl (C=O) groups is 1. The standard InChI is InChI=1S/C12H18N2O2/c1-14(2)10-6-5-9(8-10)13-12(15)11-4-3-7-16-11/h3-4,7,9-10H,5-6,8H2,1-2H3,(H,13,15). The summed E-state index contributed by atoms with van der Waals surface area (Å²) in [5, 5.41) is 3.01. The quantitative estimate of drug-likeness (QED) is 0.842. The van der Waals surface area contributed by atoms with Gasteiger partial charge in [-0.25, -0.2) is 0 Å². The Morgan fingerprint density at radius 3 is 2.88 bits per heavy atom. The monoisotopic (exact) mass is 222 g/mol. The highest BCUT2D eigenvalue weighted by atomic mass is 16.3. The predicted molar refractivity (Wildman–Crippen MR) is 61.3 cm³/mol. The number of hydrogen-bond acceptors (Lipinski definition) is 3. The Morgan fingerprint density at radius 2 is 2.31 bits per heavy atom. The van der Waals surface area contributed by atoms with Crippen LogP contribution in [0.25, 0.3) is 0 Å². The Bertz CT molecular complexity index is 346. The van der Waals surface area contributed by atoms with E-state index < -0.39 is 0 Å². The fourth-order valence-corrected chi connectivity index (χ4v) is 2.22. The molecule has 4 nitrogen and oxygen atoms in total. The number of nitrogens with one attached hydrogen (secondary N) is 1. The summed E-state index contributed by atoms with van der Waals surface area (Å²) < 4.78 is 5.06. The second-order valence-corrected chi connectivity index (χ2v) is 4.58. The van der Waals surface area contributed by atoms with Gasteiger partial charge in [-0.1, -0.05) is 0 Å². The molecule has 1 aromatic heterocycles. The van der Waals surface area contributed by atoms with Crippen LogP contribution in [0.15, 0.2) is 22.8 Å². The molecule has 1 N–H and O–H groups in total. The lowest BCUT2D eigenvalue weighted by atomic mass is 10.2. The maximum absolute atomic E-state index is 11.7. The summed E-state index contributed by atoms with van der Waals surface area (Å²) in [6, 6.07) is 4.28. The van der Waals surface area contributed by atoms with Crippen molar-refractivity contribution in [2.45, 2.75) is 31.3 Å². The summed E-state index contributed by atoms with van der Waals surface area (Å²) in [6.45, 7) is 0. The lowest BCUT2D eigenvalue weighted by Crippen LogP contribution is -2.34. The molecule has 16 heavy (non-hydrogen) atoms. The van der Waals surface area contributed by atoms with Gasteiger partial charge in [0.15, 0.2) is 5.76 Å². The first-order valence-electron chi connectivity index (χ1n) is 5.67. The Labute approximate surface area is 95.6 Å². The Kier molecular flexibility index (Phi) is 3.29. The molecule has 0 radical (unpaired) electrons. The second kappa shape index (κ2) is 4.70. The summed E-state index contributed by atoms with van der Waals surface area (Å²) in [4.78, 5) is 13.9. The van der Waals surface area contributed by atoms with E-state index in [0.717, 1.165) is 19.3 Å². The van der Waals surface area contributed by atoms with Crippen LogP contribution in [0, 0.1) is 0 Å². The minimum Gasteiger partial charge on any atom is -0.459 e. The summed E-state index contributed by atoms with van der Waals surface area (Å²) in [7, 11) is 4.17. The summed E-state index contributed by atoms with van der Waals surface area (Å²) in [5.41, 5.74) is 0. The largest absolute Gasteiger partial charge is 0.459 e. The summed E-state index contributed by atoms with van der Waals surface area (Å²) in [5.74, 6) is 0.294. The first-order chi connectivity index (χ1) is 7.66. The molecule has 2 atom stereocenters. The molecule has 1 aromatic rings. The van der Waals surface area contributed by atoms with E-state index in [0.29, 0.717) is 11.8 Å². The van der Waals surface area contributed by atoms with E-state index in [4.69, 9.17) is 4.42 Å². The van der Waals surface area contributed by atoms with E-state index in [1.54, 1.807) is 12.1 Å². The lowest BCUT2D eigenvalue weighted by molar-refractivity contribution is 0.0908. The van der Waals surface area contributed by atoms with Gasteiger partial charge in [0.1, 0.15) is 0 Å². The third kappa shape index (κ3) is 2.44. The van der Waals surface area contributed by atoms with Crippen molar-refractivity contribution in [2.75, 3.05) is 14.1 Å². The zero-order valence-corrected chi connectivity index (χ0v) is 9.77. The van der Waals surface area contributed by atoms with Crippen molar-refractivity contribution in [3.8, 4) is 0 Å². The van der Waals surface area contributed by atoms with Crippen molar-refractivity contribution in [3.63, 3.8) is 0 Å². The van der Waals surface area contributed by atoms with Crippen LogP contribution in [0.1, 0.15) is 29.8 Å². The molecule has 1 saturated carbocycles. The minimum atomic E-state index is -0.102. The second-order valence-electron chi connectivity index (χ2n) is 4.58. The first-order valence-corrected chi connectivity index (χ1v) is 5.67. The maximum Gasteiger partial charge on any atom is 0.287 e. The van der Waals surface area contributed by atoms with Gasteiger partial charge in [0, 0.05) is 12.1 Å². The van der Waals surface area contributed by atoms with Crippen molar-refractivity contribution >= 4 is 5.91 Å². The van der Waals surface area contributed by atoms with Crippen LogP contribution in [0.5, 0.6) is 0 Å². The maximum atomic E-state index is 11.7. The fraction of sp³-hybridized carbons (Fsp3) is 0.583. The Balaban J connectivity index is 1.86. The Hall–Kier alpha value is -1.29. The smallest absolute Gasteiger partial charge is 0.287 e. The molecule has 1 amide bonds. The zero-order valence-electron chi connectivity index (χ0n) is 9.77. The van der Waals surface area contributed by atoms with Gasteiger partial charge < -0.3 is 14.6 Å². The number of furan rings is 1. The predicted octanol–water partition coefficient (Wildman–Crippen LogP) is 1.49. The molecule has 1 aliphatic rings. The van der Waals surface area contributed by atoms with E-state index in [9.17, 15) is 4.79 Å². The molecule has 0 saturated heterocycles. The fourth-order valence-electron chi connectivity index (χ4n) is 2.22. The molecular weight excluding hydrogens is 204 g/mol. The van der Waals surface area contributed by atoms with E-state index in [2.05, 4.69) is 24.3 Å². The summed E-state index contributed by atoms with van der Waals surface area (Å²) in [6.07, 6.45) is 4.75. The number of carbonyl (C=O) groups excluding carboxylic acids is 1.